The molecule has 1 heterocycles. The topological polar surface area (TPSA) is 35.5 Å². The van der Waals surface area contributed by atoms with Crippen molar-refractivity contribution in [1.29, 1.82) is 0 Å². The number of carbonyl (C=O) groups is 1. The lowest BCUT2D eigenvalue weighted by molar-refractivity contribution is 0.0981. The average molecular weight is 260 g/mol. The minimum absolute atomic E-state index is 0.250. The van der Waals surface area contributed by atoms with Crippen LogP contribution in [0, 0.1) is 0 Å². The summed E-state index contributed by atoms with van der Waals surface area (Å²) in [6.07, 6.45) is 6.37. The molecule has 1 saturated heterocycles. The summed E-state index contributed by atoms with van der Waals surface area (Å²) in [5.41, 5.74) is 1.96. The van der Waals surface area contributed by atoms with Crippen LogP contribution in [0.2, 0.25) is 0 Å². The summed E-state index contributed by atoms with van der Waals surface area (Å²) in [7, 11) is 0. The normalized spacial score (nSPS) is 21.7. The molecule has 3 nitrogen and oxygen atoms in total. The van der Waals surface area contributed by atoms with E-state index in [0.717, 1.165) is 42.7 Å². The summed E-state index contributed by atoms with van der Waals surface area (Å²) in [6.45, 7) is 1.63. The Balaban J connectivity index is 1.51. The van der Waals surface area contributed by atoms with Crippen LogP contribution in [0.15, 0.2) is 18.2 Å². The molecule has 3 heteroatoms. The lowest BCUT2D eigenvalue weighted by Crippen LogP contribution is -2.08. The van der Waals surface area contributed by atoms with Gasteiger partial charge < -0.3 is 9.47 Å². The van der Waals surface area contributed by atoms with E-state index in [1.54, 1.807) is 0 Å². The van der Waals surface area contributed by atoms with Crippen molar-refractivity contribution < 1.29 is 14.3 Å². The first-order chi connectivity index (χ1) is 9.34. The second-order valence-electron chi connectivity index (χ2n) is 5.33. The van der Waals surface area contributed by atoms with Crippen LogP contribution in [0.4, 0.5) is 0 Å². The highest BCUT2D eigenvalue weighted by atomic mass is 16.5. The molecule has 1 aromatic carbocycles. The molecule has 102 valence electrons. The zero-order valence-electron chi connectivity index (χ0n) is 11.2. The van der Waals surface area contributed by atoms with Gasteiger partial charge in [0, 0.05) is 24.2 Å². The summed E-state index contributed by atoms with van der Waals surface area (Å²) in [4.78, 5) is 11.6. The van der Waals surface area contributed by atoms with E-state index in [0.29, 0.717) is 19.1 Å². The summed E-state index contributed by atoms with van der Waals surface area (Å²) >= 11 is 0. The molecule has 1 atom stereocenters. The minimum atomic E-state index is 0.250. The van der Waals surface area contributed by atoms with Crippen molar-refractivity contribution in [2.45, 2.75) is 44.6 Å². The fourth-order valence-electron chi connectivity index (χ4n) is 2.96. The third-order valence-corrected chi connectivity index (χ3v) is 3.99. The number of benzene rings is 1. The summed E-state index contributed by atoms with van der Waals surface area (Å²) < 4.78 is 11.4. The highest BCUT2D eigenvalue weighted by molar-refractivity contribution is 6.01. The Labute approximate surface area is 113 Å². The quantitative estimate of drug-likeness (QED) is 0.763. The molecule has 0 aromatic heterocycles. The van der Waals surface area contributed by atoms with E-state index in [9.17, 15) is 4.79 Å². The SMILES string of the molecule is O=C1CCc2c(OCCCC3CCCO3)cccc21. The van der Waals surface area contributed by atoms with Crippen molar-refractivity contribution in [1.82, 2.24) is 0 Å². The standard InChI is InChI=1S/C16H20O3/c17-15-9-8-14-13(15)6-1-7-16(14)19-11-3-5-12-4-2-10-18-12/h1,6-7,12H,2-5,8-11H2. The van der Waals surface area contributed by atoms with Crippen LogP contribution in [-0.2, 0) is 11.2 Å². The number of hydrogen-bond donors (Lipinski definition) is 0. The van der Waals surface area contributed by atoms with Gasteiger partial charge in [0.2, 0.25) is 0 Å². The zero-order chi connectivity index (χ0) is 13.1. The van der Waals surface area contributed by atoms with Gasteiger partial charge in [-0.25, -0.2) is 0 Å². The first-order valence-electron chi connectivity index (χ1n) is 7.24. The molecular formula is C16H20O3. The van der Waals surface area contributed by atoms with Gasteiger partial charge in [-0.1, -0.05) is 12.1 Å². The van der Waals surface area contributed by atoms with Gasteiger partial charge in [-0.15, -0.1) is 0 Å². The average Bonchev–Trinajstić information content (AvgIpc) is 3.06. The van der Waals surface area contributed by atoms with Crippen LogP contribution in [0.25, 0.3) is 0 Å². The molecule has 2 aliphatic rings. The van der Waals surface area contributed by atoms with E-state index in [-0.39, 0.29) is 5.78 Å². The maximum Gasteiger partial charge on any atom is 0.163 e. The van der Waals surface area contributed by atoms with Crippen LogP contribution in [0.5, 0.6) is 5.75 Å². The van der Waals surface area contributed by atoms with Gasteiger partial charge in [0.05, 0.1) is 12.7 Å². The smallest absolute Gasteiger partial charge is 0.163 e. The Morgan fingerprint density at radius 1 is 1.32 bits per heavy atom. The number of fused-ring (bicyclic) bond motifs is 1. The molecule has 0 spiro atoms. The predicted octanol–water partition coefficient (Wildman–Crippen LogP) is 3.15. The third-order valence-electron chi connectivity index (χ3n) is 3.99. The second kappa shape index (κ2) is 5.74. The van der Waals surface area contributed by atoms with Crippen LogP contribution < -0.4 is 4.74 Å². The van der Waals surface area contributed by atoms with Crippen molar-refractivity contribution in [3.8, 4) is 5.75 Å². The van der Waals surface area contributed by atoms with Crippen LogP contribution in [0.3, 0.4) is 0 Å². The van der Waals surface area contributed by atoms with Crippen molar-refractivity contribution in [3.05, 3.63) is 29.3 Å². The van der Waals surface area contributed by atoms with Crippen molar-refractivity contribution in [2.75, 3.05) is 13.2 Å². The first-order valence-corrected chi connectivity index (χ1v) is 7.24. The van der Waals surface area contributed by atoms with Gasteiger partial charge in [-0.05, 0) is 38.2 Å². The van der Waals surface area contributed by atoms with Crippen molar-refractivity contribution >= 4 is 5.78 Å². The monoisotopic (exact) mass is 260 g/mol. The molecule has 0 bridgehead atoms. The molecule has 1 unspecified atom stereocenters. The second-order valence-corrected chi connectivity index (χ2v) is 5.33. The molecule has 19 heavy (non-hydrogen) atoms. The lowest BCUT2D eigenvalue weighted by Gasteiger charge is -2.12. The number of carbonyl (C=O) groups excluding carboxylic acids is 1. The maximum atomic E-state index is 11.6. The van der Waals surface area contributed by atoms with E-state index >= 15 is 0 Å². The van der Waals surface area contributed by atoms with Crippen molar-refractivity contribution in [3.63, 3.8) is 0 Å². The fraction of sp³-hybridized carbons (Fsp3) is 0.562. The number of ether oxygens (including phenoxy) is 2. The van der Waals surface area contributed by atoms with Crippen LogP contribution in [0.1, 0.15) is 48.0 Å². The van der Waals surface area contributed by atoms with E-state index in [2.05, 4.69) is 0 Å². The molecule has 3 rings (SSSR count). The first kappa shape index (κ1) is 12.7. The molecule has 1 aliphatic heterocycles. The largest absolute Gasteiger partial charge is 0.493 e. The van der Waals surface area contributed by atoms with Gasteiger partial charge in [-0.2, -0.15) is 0 Å². The third kappa shape index (κ3) is 2.81. The van der Waals surface area contributed by atoms with E-state index in [4.69, 9.17) is 9.47 Å². The summed E-state index contributed by atoms with van der Waals surface area (Å²) in [5, 5.41) is 0. The molecule has 1 aliphatic carbocycles. The van der Waals surface area contributed by atoms with Gasteiger partial charge in [0.15, 0.2) is 5.78 Å². The molecule has 0 saturated carbocycles. The Morgan fingerprint density at radius 2 is 2.26 bits per heavy atom. The molecule has 0 N–H and O–H groups in total. The van der Waals surface area contributed by atoms with E-state index in [1.807, 2.05) is 18.2 Å². The highest BCUT2D eigenvalue weighted by Crippen LogP contribution is 2.30. The van der Waals surface area contributed by atoms with Gasteiger partial charge in [0.1, 0.15) is 5.75 Å². The van der Waals surface area contributed by atoms with Crippen molar-refractivity contribution in [2.24, 2.45) is 0 Å². The van der Waals surface area contributed by atoms with Gasteiger partial charge >= 0.3 is 0 Å². The lowest BCUT2D eigenvalue weighted by atomic mass is 10.1. The predicted molar refractivity (Wildman–Crippen MR) is 72.8 cm³/mol. The number of Topliss-reactive ketones (excluding diaryl/α,β-unsaturated/α-hetero) is 1. The Bertz CT molecular complexity index is 461. The molecular weight excluding hydrogens is 240 g/mol. The van der Waals surface area contributed by atoms with E-state index < -0.39 is 0 Å². The maximum absolute atomic E-state index is 11.6. The molecule has 1 fully saturated rings. The minimum Gasteiger partial charge on any atom is -0.493 e. The number of hydrogen-bond acceptors (Lipinski definition) is 3. The Morgan fingerprint density at radius 3 is 3.11 bits per heavy atom. The van der Waals surface area contributed by atoms with Gasteiger partial charge in [-0.3, -0.25) is 4.79 Å². The molecule has 0 radical (unpaired) electrons. The highest BCUT2D eigenvalue weighted by Gasteiger charge is 2.22. The molecule has 0 amide bonds. The summed E-state index contributed by atoms with van der Waals surface area (Å²) in [6, 6.07) is 5.80. The fourth-order valence-corrected chi connectivity index (χ4v) is 2.96. The number of ketones is 1. The number of rotatable bonds is 5. The van der Waals surface area contributed by atoms with Crippen LogP contribution >= 0.6 is 0 Å². The van der Waals surface area contributed by atoms with Gasteiger partial charge in [0.25, 0.3) is 0 Å². The van der Waals surface area contributed by atoms with E-state index in [1.165, 1.54) is 12.8 Å². The summed E-state index contributed by atoms with van der Waals surface area (Å²) in [5.74, 6) is 1.15. The zero-order valence-corrected chi connectivity index (χ0v) is 11.2. The Hall–Kier alpha value is -1.35. The van der Waals surface area contributed by atoms with Crippen LogP contribution in [-0.4, -0.2) is 25.1 Å². The molecule has 1 aromatic rings. The Kier molecular flexibility index (Phi) is 3.83.